The van der Waals surface area contributed by atoms with Gasteiger partial charge in [-0.25, -0.2) is 4.79 Å². The van der Waals surface area contributed by atoms with Crippen molar-refractivity contribution >= 4 is 5.97 Å². The molecule has 0 aromatic carbocycles. The second-order valence-electron chi connectivity index (χ2n) is 2.13. The minimum atomic E-state index is -1.20. The van der Waals surface area contributed by atoms with Crippen molar-refractivity contribution in [1.82, 2.24) is 0 Å². The van der Waals surface area contributed by atoms with Crippen molar-refractivity contribution in [3.8, 4) is 0 Å². The molecule has 0 spiro atoms. The van der Waals surface area contributed by atoms with Gasteiger partial charge in [-0.15, -0.1) is 0 Å². The van der Waals surface area contributed by atoms with Gasteiger partial charge in [0, 0.05) is 6.08 Å². The van der Waals surface area contributed by atoms with E-state index in [0.29, 0.717) is 0 Å². The average molecular weight is 183 g/mol. The molecule has 70 valence electrons. The minimum Gasteiger partial charge on any atom is -0.478 e. The van der Waals surface area contributed by atoms with Crippen LogP contribution in [0.2, 0.25) is 0 Å². The highest BCUT2D eigenvalue weighted by Crippen LogP contribution is 2.01. The van der Waals surface area contributed by atoms with Crippen molar-refractivity contribution in [2.45, 2.75) is 6.92 Å². The van der Waals surface area contributed by atoms with Gasteiger partial charge in [0.05, 0.1) is 10.5 Å². The van der Waals surface area contributed by atoms with Gasteiger partial charge in [0.15, 0.2) is 0 Å². The van der Waals surface area contributed by atoms with Gasteiger partial charge in [-0.2, -0.15) is 0 Å². The summed E-state index contributed by atoms with van der Waals surface area (Å²) >= 11 is 0. The smallest absolute Gasteiger partial charge is 0.335 e. The first-order valence-electron chi connectivity index (χ1n) is 3.40. The van der Waals surface area contributed by atoms with E-state index in [2.05, 4.69) is 6.58 Å². The average Bonchev–Trinajstić information content (AvgIpc) is 2.04. The predicted octanol–water partition coefficient (Wildman–Crippen LogP) is 1.36. The molecule has 0 rings (SSSR count). The van der Waals surface area contributed by atoms with Crippen LogP contribution in [0.5, 0.6) is 0 Å². The van der Waals surface area contributed by atoms with Gasteiger partial charge in [-0.05, 0) is 19.1 Å². The van der Waals surface area contributed by atoms with Gasteiger partial charge in [0.25, 0.3) is 5.70 Å². The maximum Gasteiger partial charge on any atom is 0.335 e. The van der Waals surface area contributed by atoms with Gasteiger partial charge in [0.2, 0.25) is 0 Å². The van der Waals surface area contributed by atoms with Crippen molar-refractivity contribution in [2.75, 3.05) is 0 Å². The van der Waals surface area contributed by atoms with Crippen LogP contribution in [0.3, 0.4) is 0 Å². The summed E-state index contributed by atoms with van der Waals surface area (Å²) in [5, 5.41) is 18.6. The summed E-state index contributed by atoms with van der Waals surface area (Å²) in [6.45, 7) is 4.68. The van der Waals surface area contributed by atoms with Crippen molar-refractivity contribution in [3.63, 3.8) is 0 Å². The third kappa shape index (κ3) is 3.85. The zero-order valence-corrected chi connectivity index (χ0v) is 7.06. The third-order valence-corrected chi connectivity index (χ3v) is 1.24. The summed E-state index contributed by atoms with van der Waals surface area (Å²) in [6, 6.07) is 0. The molecule has 0 radical (unpaired) electrons. The Balaban J connectivity index is 4.51. The fourth-order valence-electron chi connectivity index (χ4n) is 0.520. The molecule has 0 aliphatic carbocycles. The zero-order chi connectivity index (χ0) is 10.4. The van der Waals surface area contributed by atoms with E-state index in [1.54, 1.807) is 0 Å². The van der Waals surface area contributed by atoms with E-state index < -0.39 is 10.9 Å². The van der Waals surface area contributed by atoms with E-state index in [1.165, 1.54) is 13.0 Å². The first-order valence-corrected chi connectivity index (χ1v) is 3.40. The zero-order valence-electron chi connectivity index (χ0n) is 7.06. The largest absolute Gasteiger partial charge is 0.478 e. The summed E-state index contributed by atoms with van der Waals surface area (Å²) < 4.78 is 0. The first-order chi connectivity index (χ1) is 5.99. The summed E-state index contributed by atoms with van der Waals surface area (Å²) in [5.41, 5.74) is -0.358. The van der Waals surface area contributed by atoms with E-state index in [9.17, 15) is 14.9 Å². The second-order valence-corrected chi connectivity index (χ2v) is 2.13. The molecule has 0 aromatic heterocycles. The Hall–Kier alpha value is -1.91. The maximum absolute atomic E-state index is 10.2. The molecule has 0 fully saturated rings. The molecule has 0 saturated heterocycles. The summed E-state index contributed by atoms with van der Waals surface area (Å²) in [5.74, 6) is -1.20. The van der Waals surface area contributed by atoms with Crippen LogP contribution >= 0.6 is 0 Å². The number of hydrogen-bond donors (Lipinski definition) is 1. The van der Waals surface area contributed by atoms with Gasteiger partial charge in [-0.3, -0.25) is 10.1 Å². The van der Waals surface area contributed by atoms with Gasteiger partial charge in [0.1, 0.15) is 0 Å². The molecule has 0 aromatic rings. The fourth-order valence-corrected chi connectivity index (χ4v) is 0.520. The molecule has 13 heavy (non-hydrogen) atoms. The van der Waals surface area contributed by atoms with E-state index in [-0.39, 0.29) is 11.3 Å². The quantitative estimate of drug-likeness (QED) is 0.309. The number of nitrogens with zero attached hydrogens (tertiary/aromatic N) is 1. The molecule has 5 heteroatoms. The number of carbonyl (C=O) groups is 1. The standard InChI is InChI=1S/C8H9NO4/c1-3-7(9(12)13)5-4-6(2)8(10)11/h3-5H,2H2,1H3,(H,10,11)/b5-4-,7-3+. The van der Waals surface area contributed by atoms with Crippen LogP contribution in [-0.2, 0) is 4.79 Å². The van der Waals surface area contributed by atoms with E-state index in [0.717, 1.165) is 12.2 Å². The molecular weight excluding hydrogens is 174 g/mol. The molecule has 0 heterocycles. The van der Waals surface area contributed by atoms with E-state index in [4.69, 9.17) is 5.11 Å². The highest BCUT2D eigenvalue weighted by Gasteiger charge is 2.04. The van der Waals surface area contributed by atoms with Crippen LogP contribution in [0.1, 0.15) is 6.92 Å². The lowest BCUT2D eigenvalue weighted by atomic mass is 10.2. The molecule has 0 saturated carbocycles. The van der Waals surface area contributed by atoms with Crippen LogP contribution in [-0.4, -0.2) is 16.0 Å². The van der Waals surface area contributed by atoms with Gasteiger partial charge < -0.3 is 5.11 Å². The number of rotatable bonds is 4. The van der Waals surface area contributed by atoms with Crippen LogP contribution < -0.4 is 0 Å². The Labute approximate surface area is 74.8 Å². The van der Waals surface area contributed by atoms with Crippen molar-refractivity contribution < 1.29 is 14.8 Å². The Morgan fingerprint density at radius 3 is 2.38 bits per heavy atom. The minimum absolute atomic E-state index is 0.164. The second kappa shape index (κ2) is 4.87. The number of nitro groups is 1. The lowest BCUT2D eigenvalue weighted by Gasteiger charge is -1.90. The molecule has 0 aliphatic rings. The highest BCUT2D eigenvalue weighted by atomic mass is 16.6. The van der Waals surface area contributed by atoms with Crippen LogP contribution in [0, 0.1) is 10.1 Å². The molecule has 5 nitrogen and oxygen atoms in total. The topological polar surface area (TPSA) is 80.4 Å². The molecule has 0 amide bonds. The number of aliphatic carboxylic acids is 1. The normalized spacial score (nSPS) is 11.6. The molecule has 0 atom stereocenters. The summed E-state index contributed by atoms with van der Waals surface area (Å²) in [6.07, 6.45) is 3.45. The fraction of sp³-hybridized carbons (Fsp3) is 0.125. The number of hydrogen-bond acceptors (Lipinski definition) is 3. The van der Waals surface area contributed by atoms with Crippen LogP contribution in [0.25, 0.3) is 0 Å². The van der Waals surface area contributed by atoms with Crippen LogP contribution in [0.4, 0.5) is 0 Å². The Kier molecular flexibility index (Phi) is 4.15. The Morgan fingerprint density at radius 1 is 1.54 bits per heavy atom. The third-order valence-electron chi connectivity index (χ3n) is 1.24. The Morgan fingerprint density at radius 2 is 2.08 bits per heavy atom. The first kappa shape index (κ1) is 11.1. The highest BCUT2D eigenvalue weighted by molar-refractivity contribution is 5.89. The SMILES string of the molecule is C=C(/C=C\C(=C/C)[N+](=O)[O-])C(=O)O. The number of carboxylic acid groups (broad SMARTS) is 1. The molecule has 0 bridgehead atoms. The number of allylic oxidation sites excluding steroid dienone is 2. The molecule has 1 N–H and O–H groups in total. The van der Waals surface area contributed by atoms with Gasteiger partial charge >= 0.3 is 5.97 Å². The number of carboxylic acids is 1. The van der Waals surface area contributed by atoms with Crippen molar-refractivity contribution in [1.29, 1.82) is 0 Å². The van der Waals surface area contributed by atoms with Crippen molar-refractivity contribution in [3.05, 3.63) is 46.2 Å². The van der Waals surface area contributed by atoms with E-state index >= 15 is 0 Å². The lowest BCUT2D eigenvalue weighted by molar-refractivity contribution is -0.419. The summed E-state index contributed by atoms with van der Waals surface area (Å²) in [7, 11) is 0. The van der Waals surface area contributed by atoms with E-state index in [1.807, 2.05) is 0 Å². The monoisotopic (exact) mass is 183 g/mol. The summed E-state index contributed by atoms with van der Waals surface area (Å²) in [4.78, 5) is 19.8. The molecule has 0 aliphatic heterocycles. The Bertz CT molecular complexity index is 301. The molecular formula is C8H9NO4. The van der Waals surface area contributed by atoms with Gasteiger partial charge in [-0.1, -0.05) is 6.58 Å². The van der Waals surface area contributed by atoms with Crippen LogP contribution in [0.15, 0.2) is 36.1 Å². The maximum atomic E-state index is 10.2. The lowest BCUT2D eigenvalue weighted by Crippen LogP contribution is -1.98. The predicted molar refractivity (Wildman–Crippen MR) is 46.7 cm³/mol. The van der Waals surface area contributed by atoms with Crippen molar-refractivity contribution in [2.24, 2.45) is 0 Å². The molecule has 0 unspecified atom stereocenters.